The minimum atomic E-state index is -0.899. The number of benzene rings is 3. The maximum Gasteiger partial charge on any atom is 0.190 e. The highest BCUT2D eigenvalue weighted by molar-refractivity contribution is 5.16. The highest BCUT2D eigenvalue weighted by atomic mass is 16.8. The lowest BCUT2D eigenvalue weighted by molar-refractivity contribution is -0.265. The van der Waals surface area contributed by atoms with E-state index in [4.69, 9.17) is 28.4 Å². The molecule has 2 fully saturated rings. The minimum Gasteiger partial charge on any atom is -0.374 e. The van der Waals surface area contributed by atoms with E-state index in [1.54, 1.807) is 0 Å². The van der Waals surface area contributed by atoms with Crippen molar-refractivity contribution in [1.82, 2.24) is 0 Å². The van der Waals surface area contributed by atoms with Crippen LogP contribution >= 0.6 is 0 Å². The van der Waals surface area contributed by atoms with E-state index in [0.717, 1.165) is 16.7 Å². The molecule has 36 heavy (non-hydrogen) atoms. The summed E-state index contributed by atoms with van der Waals surface area (Å²) in [6.07, 6.45) is -1.41. The van der Waals surface area contributed by atoms with Gasteiger partial charge in [0.1, 0.15) is 17.8 Å². The molecule has 0 saturated carbocycles. The van der Waals surface area contributed by atoms with Crippen LogP contribution in [0, 0.1) is 0 Å². The lowest BCUT2D eigenvalue weighted by Gasteiger charge is -2.36. The quantitative estimate of drug-likeness (QED) is 0.366. The van der Waals surface area contributed by atoms with E-state index in [2.05, 4.69) is 0 Å². The van der Waals surface area contributed by atoms with Crippen molar-refractivity contribution in [3.05, 3.63) is 108 Å². The first kappa shape index (κ1) is 25.1. The third-order valence-corrected chi connectivity index (χ3v) is 6.44. The van der Waals surface area contributed by atoms with Crippen LogP contribution in [0.2, 0.25) is 0 Å². The highest BCUT2D eigenvalue weighted by Crippen LogP contribution is 2.44. The fourth-order valence-electron chi connectivity index (χ4n) is 4.76. The van der Waals surface area contributed by atoms with Gasteiger partial charge in [-0.05, 0) is 30.5 Å². The molecular formula is C30H34O6. The topological polar surface area (TPSA) is 55.4 Å². The van der Waals surface area contributed by atoms with Crippen molar-refractivity contribution in [2.45, 2.75) is 63.6 Å². The van der Waals surface area contributed by atoms with E-state index in [9.17, 15) is 0 Å². The highest BCUT2D eigenvalue weighted by Gasteiger charge is 2.63. The van der Waals surface area contributed by atoms with Crippen LogP contribution in [0.15, 0.2) is 91.0 Å². The number of rotatable bonds is 11. The van der Waals surface area contributed by atoms with Gasteiger partial charge in [-0.3, -0.25) is 0 Å². The third kappa shape index (κ3) is 6.03. The first-order chi connectivity index (χ1) is 17.5. The Hall–Kier alpha value is -2.58. The van der Waals surface area contributed by atoms with E-state index in [0.29, 0.717) is 19.8 Å². The van der Waals surface area contributed by atoms with Crippen molar-refractivity contribution in [2.24, 2.45) is 0 Å². The number of ether oxygens (including phenoxy) is 6. The molecule has 0 N–H and O–H groups in total. The van der Waals surface area contributed by atoms with Crippen molar-refractivity contribution in [1.29, 1.82) is 0 Å². The molecule has 2 saturated heterocycles. The fraction of sp³-hybridized carbons (Fsp3) is 0.400. The number of hydrogen-bond acceptors (Lipinski definition) is 6. The van der Waals surface area contributed by atoms with Crippen LogP contribution in [0.1, 0.15) is 30.5 Å². The molecule has 6 nitrogen and oxygen atoms in total. The van der Waals surface area contributed by atoms with Gasteiger partial charge < -0.3 is 28.4 Å². The van der Waals surface area contributed by atoms with Crippen molar-refractivity contribution < 1.29 is 28.4 Å². The van der Waals surface area contributed by atoms with E-state index >= 15 is 0 Å². The van der Waals surface area contributed by atoms with Gasteiger partial charge in [-0.15, -0.1) is 0 Å². The summed E-state index contributed by atoms with van der Waals surface area (Å²) in [5, 5.41) is 0. The normalized spacial score (nSPS) is 24.0. The molecule has 0 bridgehead atoms. The zero-order chi connectivity index (χ0) is 24.8. The maximum absolute atomic E-state index is 6.56. The Morgan fingerprint density at radius 3 is 1.58 bits per heavy atom. The molecular weight excluding hydrogens is 456 g/mol. The second-order valence-corrected chi connectivity index (χ2v) is 9.83. The molecule has 2 aliphatic rings. The zero-order valence-corrected chi connectivity index (χ0v) is 20.9. The molecule has 0 unspecified atom stereocenters. The molecule has 2 aliphatic heterocycles. The Morgan fingerprint density at radius 2 is 1.08 bits per heavy atom. The van der Waals surface area contributed by atoms with Crippen LogP contribution in [-0.2, 0) is 48.2 Å². The van der Waals surface area contributed by atoms with E-state index in [1.165, 1.54) is 0 Å². The molecule has 5 rings (SSSR count). The zero-order valence-electron chi connectivity index (χ0n) is 20.9. The van der Waals surface area contributed by atoms with Crippen molar-refractivity contribution in [2.75, 3.05) is 13.2 Å². The summed E-state index contributed by atoms with van der Waals surface area (Å²) in [5.74, 6) is -0.758. The van der Waals surface area contributed by atoms with Crippen molar-refractivity contribution in [3.63, 3.8) is 0 Å². The van der Waals surface area contributed by atoms with Gasteiger partial charge in [0, 0.05) is 0 Å². The Balaban J connectivity index is 1.35. The lowest BCUT2D eigenvalue weighted by atomic mass is 9.96. The van der Waals surface area contributed by atoms with Gasteiger partial charge in [-0.25, -0.2) is 0 Å². The van der Waals surface area contributed by atoms with Crippen LogP contribution in [0.5, 0.6) is 0 Å². The summed E-state index contributed by atoms with van der Waals surface area (Å²) in [6, 6.07) is 30.3. The monoisotopic (exact) mass is 490 g/mol. The smallest absolute Gasteiger partial charge is 0.190 e. The number of hydrogen-bond donors (Lipinski definition) is 0. The Kier molecular flexibility index (Phi) is 7.82. The van der Waals surface area contributed by atoms with Crippen LogP contribution in [0.3, 0.4) is 0 Å². The SMILES string of the molecule is CC1(C)O[C@H]2OC(COCc3ccccc3)(COCc3ccccc3)[C@H](OCc3ccccc3)[C@H]2O1. The molecule has 0 aromatic heterocycles. The van der Waals surface area contributed by atoms with Gasteiger partial charge in [0.25, 0.3) is 0 Å². The van der Waals surface area contributed by atoms with Crippen LogP contribution in [0.4, 0.5) is 0 Å². The van der Waals surface area contributed by atoms with Gasteiger partial charge in [0.15, 0.2) is 12.1 Å². The first-order valence-corrected chi connectivity index (χ1v) is 12.5. The van der Waals surface area contributed by atoms with Gasteiger partial charge in [-0.2, -0.15) is 0 Å². The molecule has 3 aromatic carbocycles. The summed E-state index contributed by atoms with van der Waals surface area (Å²) in [5.41, 5.74) is 2.35. The van der Waals surface area contributed by atoms with Crippen LogP contribution in [-0.4, -0.2) is 43.1 Å². The second-order valence-electron chi connectivity index (χ2n) is 9.83. The van der Waals surface area contributed by atoms with Gasteiger partial charge in [0.2, 0.25) is 0 Å². The summed E-state index contributed by atoms with van der Waals surface area (Å²) in [7, 11) is 0. The standard InChI is InChI=1S/C30H34O6/c1-29(2)34-26-27(33-20-25-16-10-5-11-17-25)30(36-28(26)35-29,21-31-18-23-12-6-3-7-13-23)22-32-19-24-14-8-4-9-15-24/h3-17,26-28H,18-22H2,1-2H3/t26-,27-,28+/m1/s1. The molecule has 0 radical (unpaired) electrons. The lowest BCUT2D eigenvalue weighted by Crippen LogP contribution is -2.53. The Labute approximate surface area is 213 Å². The molecule has 3 aromatic rings. The Bertz CT molecular complexity index is 1030. The Morgan fingerprint density at radius 1 is 0.611 bits per heavy atom. The van der Waals surface area contributed by atoms with Gasteiger partial charge in [-0.1, -0.05) is 91.0 Å². The minimum absolute atomic E-state index is 0.274. The maximum atomic E-state index is 6.56. The molecule has 2 heterocycles. The molecule has 0 aliphatic carbocycles. The molecule has 190 valence electrons. The van der Waals surface area contributed by atoms with E-state index < -0.39 is 29.9 Å². The summed E-state index contributed by atoms with van der Waals surface area (Å²) in [4.78, 5) is 0. The summed E-state index contributed by atoms with van der Waals surface area (Å²) in [6.45, 7) is 5.66. The summed E-state index contributed by atoms with van der Waals surface area (Å²) >= 11 is 0. The molecule has 3 atom stereocenters. The van der Waals surface area contributed by atoms with E-state index in [1.807, 2.05) is 105 Å². The third-order valence-electron chi connectivity index (χ3n) is 6.44. The number of fused-ring (bicyclic) bond motifs is 1. The predicted molar refractivity (Wildman–Crippen MR) is 135 cm³/mol. The van der Waals surface area contributed by atoms with Crippen molar-refractivity contribution >= 4 is 0 Å². The predicted octanol–water partition coefficient (Wildman–Crippen LogP) is 5.25. The van der Waals surface area contributed by atoms with Gasteiger partial charge in [0.05, 0.1) is 33.0 Å². The first-order valence-electron chi connectivity index (χ1n) is 12.5. The average Bonchev–Trinajstić information content (AvgIpc) is 3.33. The van der Waals surface area contributed by atoms with E-state index in [-0.39, 0.29) is 13.2 Å². The average molecular weight is 491 g/mol. The molecule has 0 spiro atoms. The van der Waals surface area contributed by atoms with Crippen LogP contribution < -0.4 is 0 Å². The van der Waals surface area contributed by atoms with Gasteiger partial charge >= 0.3 is 0 Å². The van der Waals surface area contributed by atoms with Crippen LogP contribution in [0.25, 0.3) is 0 Å². The van der Waals surface area contributed by atoms with Crippen molar-refractivity contribution in [3.8, 4) is 0 Å². The fourth-order valence-corrected chi connectivity index (χ4v) is 4.76. The largest absolute Gasteiger partial charge is 0.374 e. The molecule has 0 amide bonds. The second kappa shape index (κ2) is 11.2. The molecule has 6 heteroatoms. The summed E-state index contributed by atoms with van der Waals surface area (Å²) < 4.78 is 37.9.